The maximum atomic E-state index is 12.8. The van der Waals surface area contributed by atoms with Crippen LogP contribution in [0.2, 0.25) is 0 Å². The smallest absolute Gasteiger partial charge is 0.408 e. The number of amides is 1. The number of hydrogen-bond donors (Lipinski definition) is 0. The molecule has 3 heterocycles. The van der Waals surface area contributed by atoms with E-state index < -0.39 is 5.76 Å². The normalized spacial score (nSPS) is 17.9. The van der Waals surface area contributed by atoms with E-state index in [0.717, 1.165) is 52.0 Å². The van der Waals surface area contributed by atoms with Crippen LogP contribution in [0.4, 0.5) is 0 Å². The molecule has 2 aliphatic rings. The summed E-state index contributed by atoms with van der Waals surface area (Å²) in [5.74, 6) is 0.149. The molecule has 0 unspecified atom stereocenters. The number of oxazole rings is 1. The molecule has 1 aromatic heterocycles. The molecule has 6 nitrogen and oxygen atoms in total. The molecule has 0 radical (unpaired) electrons. The summed E-state index contributed by atoms with van der Waals surface area (Å²) < 4.78 is 6.68. The van der Waals surface area contributed by atoms with Gasteiger partial charge in [-0.05, 0) is 48.4 Å². The highest BCUT2D eigenvalue weighted by atomic mass is 16.4. The molecule has 6 heteroatoms. The number of carbonyl (C=O) groups excluding carboxylic acids is 1. The summed E-state index contributed by atoms with van der Waals surface area (Å²) in [4.78, 5) is 29.4. The molecule has 5 rings (SSSR count). The molecule has 1 saturated heterocycles. The largest absolute Gasteiger partial charge is 0.420 e. The lowest BCUT2D eigenvalue weighted by molar-refractivity contribution is -0.133. The molecular weight excluding hydrogens is 378 g/mol. The van der Waals surface area contributed by atoms with Gasteiger partial charge in [-0.2, -0.15) is 0 Å². The first-order chi connectivity index (χ1) is 14.7. The number of carbonyl (C=O) groups is 1. The molecule has 0 spiro atoms. The first kappa shape index (κ1) is 19.1. The van der Waals surface area contributed by atoms with E-state index in [1.165, 1.54) is 15.7 Å². The van der Waals surface area contributed by atoms with Gasteiger partial charge in [-0.25, -0.2) is 4.79 Å². The Balaban J connectivity index is 1.16. The minimum atomic E-state index is -0.468. The lowest BCUT2D eigenvalue weighted by atomic mass is 9.94. The van der Waals surface area contributed by atoms with Crippen molar-refractivity contribution in [2.24, 2.45) is 5.92 Å². The lowest BCUT2D eigenvalue weighted by Crippen LogP contribution is -2.44. The zero-order valence-electron chi connectivity index (χ0n) is 17.1. The summed E-state index contributed by atoms with van der Waals surface area (Å²) in [6.45, 7) is 4.82. The van der Waals surface area contributed by atoms with Crippen molar-refractivity contribution >= 4 is 17.0 Å². The Kier molecular flexibility index (Phi) is 5.17. The average Bonchev–Trinajstić information content (AvgIpc) is 3.09. The summed E-state index contributed by atoms with van der Waals surface area (Å²) in [6, 6.07) is 16.0. The van der Waals surface area contributed by atoms with Crippen molar-refractivity contribution in [3.8, 4) is 0 Å². The van der Waals surface area contributed by atoms with Crippen molar-refractivity contribution in [3.05, 3.63) is 70.2 Å². The molecule has 1 fully saturated rings. The minimum Gasteiger partial charge on any atom is -0.408 e. The molecule has 2 aromatic carbocycles. The number of para-hydroxylation sites is 2. The van der Waals surface area contributed by atoms with Crippen LogP contribution in [0.5, 0.6) is 0 Å². The van der Waals surface area contributed by atoms with Crippen molar-refractivity contribution < 1.29 is 9.21 Å². The van der Waals surface area contributed by atoms with Crippen LogP contribution in [0.25, 0.3) is 11.1 Å². The Bertz CT molecular complexity index is 1110. The highest BCUT2D eigenvalue weighted by Gasteiger charge is 2.26. The maximum absolute atomic E-state index is 12.8. The summed E-state index contributed by atoms with van der Waals surface area (Å²) in [5, 5.41) is 0. The number of aromatic nitrogens is 1. The van der Waals surface area contributed by atoms with Gasteiger partial charge >= 0.3 is 5.76 Å². The van der Waals surface area contributed by atoms with Crippen molar-refractivity contribution in [1.82, 2.24) is 14.4 Å². The van der Waals surface area contributed by atoms with Crippen LogP contribution in [0.3, 0.4) is 0 Å². The Morgan fingerprint density at radius 2 is 1.70 bits per heavy atom. The lowest BCUT2D eigenvalue weighted by Gasteiger charge is -2.36. The van der Waals surface area contributed by atoms with Gasteiger partial charge in [0.25, 0.3) is 0 Å². The van der Waals surface area contributed by atoms with E-state index in [1.54, 1.807) is 6.07 Å². The van der Waals surface area contributed by atoms with E-state index in [-0.39, 0.29) is 12.5 Å². The predicted molar refractivity (Wildman–Crippen MR) is 115 cm³/mol. The standard InChI is InChI=1S/C24H27N3O3/c28-23(17-27-21-7-3-4-8-22(21)30-24(27)29)26-13-9-18(10-14-26)15-25-12-11-19-5-1-2-6-20(19)16-25/h1-8,18H,9-17H2. The summed E-state index contributed by atoms with van der Waals surface area (Å²) >= 11 is 0. The molecule has 0 atom stereocenters. The third kappa shape index (κ3) is 3.79. The van der Waals surface area contributed by atoms with Crippen LogP contribution in [0.15, 0.2) is 57.7 Å². The first-order valence-corrected chi connectivity index (χ1v) is 10.8. The molecular formula is C24H27N3O3. The van der Waals surface area contributed by atoms with Crippen LogP contribution < -0.4 is 5.76 Å². The van der Waals surface area contributed by atoms with Gasteiger partial charge in [0, 0.05) is 32.7 Å². The first-order valence-electron chi connectivity index (χ1n) is 10.8. The average molecular weight is 405 g/mol. The SMILES string of the molecule is O=C(Cn1c(=O)oc2ccccc21)N1CCC(CN2CCc3ccccc3C2)CC1. The van der Waals surface area contributed by atoms with Gasteiger partial charge in [-0.15, -0.1) is 0 Å². The summed E-state index contributed by atoms with van der Waals surface area (Å²) in [6.07, 6.45) is 3.16. The quantitative estimate of drug-likeness (QED) is 0.670. The van der Waals surface area contributed by atoms with Crippen molar-refractivity contribution in [1.29, 1.82) is 0 Å². The third-order valence-corrected chi connectivity index (χ3v) is 6.56. The fraction of sp³-hybridized carbons (Fsp3) is 0.417. The molecule has 1 amide bonds. The second-order valence-corrected chi connectivity index (χ2v) is 8.50. The monoisotopic (exact) mass is 405 g/mol. The van der Waals surface area contributed by atoms with Gasteiger partial charge in [-0.1, -0.05) is 36.4 Å². The number of rotatable bonds is 4. The Labute approximate surface area is 175 Å². The molecule has 0 saturated carbocycles. The van der Waals surface area contributed by atoms with E-state index in [1.807, 2.05) is 23.1 Å². The molecule has 3 aromatic rings. The van der Waals surface area contributed by atoms with Crippen LogP contribution >= 0.6 is 0 Å². The predicted octanol–water partition coefficient (Wildman–Crippen LogP) is 2.89. The number of nitrogens with zero attached hydrogens (tertiary/aromatic N) is 3. The molecule has 0 aliphatic carbocycles. The van der Waals surface area contributed by atoms with Crippen LogP contribution in [-0.2, 0) is 24.3 Å². The second-order valence-electron chi connectivity index (χ2n) is 8.50. The van der Waals surface area contributed by atoms with E-state index >= 15 is 0 Å². The van der Waals surface area contributed by atoms with E-state index in [2.05, 4.69) is 29.2 Å². The highest BCUT2D eigenvalue weighted by Crippen LogP contribution is 2.24. The Morgan fingerprint density at radius 1 is 0.967 bits per heavy atom. The van der Waals surface area contributed by atoms with Crippen molar-refractivity contribution in [2.45, 2.75) is 32.4 Å². The Morgan fingerprint density at radius 3 is 2.53 bits per heavy atom. The number of benzene rings is 2. The number of likely N-dealkylation sites (tertiary alicyclic amines) is 1. The van der Waals surface area contributed by atoms with Crippen LogP contribution in [-0.4, -0.2) is 46.5 Å². The molecule has 156 valence electrons. The topological polar surface area (TPSA) is 58.7 Å². The number of fused-ring (bicyclic) bond motifs is 2. The number of piperidine rings is 1. The summed E-state index contributed by atoms with van der Waals surface area (Å²) in [5.41, 5.74) is 4.14. The van der Waals surface area contributed by atoms with Crippen LogP contribution in [0, 0.1) is 5.92 Å². The van der Waals surface area contributed by atoms with Gasteiger partial charge < -0.3 is 9.32 Å². The molecule has 30 heavy (non-hydrogen) atoms. The fourth-order valence-corrected chi connectivity index (χ4v) is 4.84. The van der Waals surface area contributed by atoms with Gasteiger partial charge in [0.05, 0.1) is 5.52 Å². The van der Waals surface area contributed by atoms with Gasteiger partial charge in [0.15, 0.2) is 5.58 Å². The van der Waals surface area contributed by atoms with Crippen LogP contribution in [0.1, 0.15) is 24.0 Å². The zero-order chi connectivity index (χ0) is 20.5. The van der Waals surface area contributed by atoms with E-state index in [0.29, 0.717) is 17.0 Å². The number of hydrogen-bond acceptors (Lipinski definition) is 4. The van der Waals surface area contributed by atoms with E-state index in [4.69, 9.17) is 4.42 Å². The third-order valence-electron chi connectivity index (χ3n) is 6.56. The molecule has 2 aliphatic heterocycles. The van der Waals surface area contributed by atoms with Crippen molar-refractivity contribution in [2.75, 3.05) is 26.2 Å². The van der Waals surface area contributed by atoms with Gasteiger partial charge in [0.1, 0.15) is 6.54 Å². The minimum absolute atomic E-state index is 0.00555. The van der Waals surface area contributed by atoms with Gasteiger partial charge in [-0.3, -0.25) is 14.3 Å². The fourth-order valence-electron chi connectivity index (χ4n) is 4.84. The Hall–Kier alpha value is -2.86. The van der Waals surface area contributed by atoms with Gasteiger partial charge in [0.2, 0.25) is 5.91 Å². The summed E-state index contributed by atoms with van der Waals surface area (Å²) in [7, 11) is 0. The molecule has 0 bridgehead atoms. The maximum Gasteiger partial charge on any atom is 0.420 e. The second kappa shape index (κ2) is 8.11. The van der Waals surface area contributed by atoms with E-state index in [9.17, 15) is 9.59 Å². The highest BCUT2D eigenvalue weighted by molar-refractivity contribution is 5.79. The van der Waals surface area contributed by atoms with Crippen molar-refractivity contribution in [3.63, 3.8) is 0 Å². The molecule has 0 N–H and O–H groups in total. The zero-order valence-corrected chi connectivity index (χ0v) is 17.1.